The van der Waals surface area contributed by atoms with Crippen LogP contribution >= 0.6 is 0 Å². The summed E-state index contributed by atoms with van der Waals surface area (Å²) in [6.07, 6.45) is 1.38. The highest BCUT2D eigenvalue weighted by Crippen LogP contribution is 2.19. The lowest BCUT2D eigenvalue weighted by Crippen LogP contribution is -2.54. The third kappa shape index (κ3) is 7.33. The lowest BCUT2D eigenvalue weighted by molar-refractivity contribution is 0.0818. The van der Waals surface area contributed by atoms with E-state index in [1.54, 1.807) is 25.2 Å². The van der Waals surface area contributed by atoms with Crippen LogP contribution in [-0.2, 0) is 6.54 Å². The average molecular weight is 382 g/mol. The molecule has 1 aromatic rings. The molecule has 0 aliphatic carbocycles. The standard InChI is InChI=1S/C20H32F2N4O/c1-20(2,26-10-5-4-6-11-26)15-25-19(23-3)24-13-16-8-7-9-17(12-16)27-14-18(21)22/h7-9,12,18H,4-6,10-11,13-15H2,1-3H3,(H2,23,24,25). The summed E-state index contributed by atoms with van der Waals surface area (Å²) in [7, 11) is 1.74. The van der Waals surface area contributed by atoms with E-state index in [0.717, 1.165) is 31.2 Å². The SMILES string of the molecule is CN=C(NCc1cccc(OCC(F)F)c1)NCC(C)(C)N1CCCCC1. The molecule has 0 atom stereocenters. The number of piperidine rings is 1. The first-order valence-corrected chi connectivity index (χ1v) is 9.60. The molecule has 0 radical (unpaired) electrons. The van der Waals surface area contributed by atoms with Crippen molar-refractivity contribution in [1.82, 2.24) is 15.5 Å². The molecule has 1 heterocycles. The van der Waals surface area contributed by atoms with Gasteiger partial charge in [-0.2, -0.15) is 0 Å². The maximum Gasteiger partial charge on any atom is 0.272 e. The van der Waals surface area contributed by atoms with Gasteiger partial charge in [0.2, 0.25) is 0 Å². The van der Waals surface area contributed by atoms with Gasteiger partial charge in [0.15, 0.2) is 5.96 Å². The Morgan fingerprint density at radius 2 is 1.96 bits per heavy atom. The van der Waals surface area contributed by atoms with Gasteiger partial charge < -0.3 is 15.4 Å². The second kappa shape index (κ2) is 10.4. The summed E-state index contributed by atoms with van der Waals surface area (Å²) in [5, 5.41) is 6.67. The highest BCUT2D eigenvalue weighted by Gasteiger charge is 2.27. The predicted octanol–water partition coefficient (Wildman–Crippen LogP) is 3.26. The number of halogens is 2. The zero-order valence-corrected chi connectivity index (χ0v) is 16.6. The Morgan fingerprint density at radius 3 is 2.63 bits per heavy atom. The van der Waals surface area contributed by atoms with Crippen molar-refractivity contribution < 1.29 is 13.5 Å². The lowest BCUT2D eigenvalue weighted by atomic mass is 9.98. The van der Waals surface area contributed by atoms with E-state index < -0.39 is 13.0 Å². The number of guanidine groups is 1. The monoisotopic (exact) mass is 382 g/mol. The van der Waals surface area contributed by atoms with E-state index in [0.29, 0.717) is 12.3 Å². The van der Waals surface area contributed by atoms with Crippen LogP contribution in [0.5, 0.6) is 5.75 Å². The van der Waals surface area contributed by atoms with Crippen molar-refractivity contribution in [3.05, 3.63) is 29.8 Å². The summed E-state index contributed by atoms with van der Waals surface area (Å²) in [6, 6.07) is 7.17. The van der Waals surface area contributed by atoms with Crippen LogP contribution < -0.4 is 15.4 Å². The Morgan fingerprint density at radius 1 is 1.22 bits per heavy atom. The fourth-order valence-electron chi connectivity index (χ4n) is 3.22. The number of hydrogen-bond donors (Lipinski definition) is 2. The van der Waals surface area contributed by atoms with Gasteiger partial charge in [-0.05, 0) is 57.5 Å². The van der Waals surface area contributed by atoms with Crippen LogP contribution in [0.1, 0.15) is 38.7 Å². The quantitative estimate of drug-likeness (QED) is 0.535. The van der Waals surface area contributed by atoms with Gasteiger partial charge in [-0.3, -0.25) is 9.89 Å². The van der Waals surface area contributed by atoms with E-state index in [9.17, 15) is 8.78 Å². The second-order valence-corrected chi connectivity index (χ2v) is 7.49. The average Bonchev–Trinajstić information content (AvgIpc) is 2.67. The van der Waals surface area contributed by atoms with Gasteiger partial charge in [-0.15, -0.1) is 0 Å². The number of alkyl halides is 2. The van der Waals surface area contributed by atoms with Crippen molar-refractivity contribution in [2.45, 2.75) is 51.6 Å². The van der Waals surface area contributed by atoms with Gasteiger partial charge in [0.1, 0.15) is 12.4 Å². The zero-order chi connectivity index (χ0) is 19.7. The molecule has 0 bridgehead atoms. The molecule has 1 saturated heterocycles. The van der Waals surface area contributed by atoms with Crippen molar-refractivity contribution in [1.29, 1.82) is 0 Å². The maximum atomic E-state index is 12.3. The van der Waals surface area contributed by atoms with Crippen molar-refractivity contribution in [2.75, 3.05) is 33.3 Å². The number of nitrogens with one attached hydrogen (secondary N) is 2. The van der Waals surface area contributed by atoms with E-state index in [1.807, 2.05) is 6.07 Å². The number of aliphatic imine (C=N–C) groups is 1. The van der Waals surface area contributed by atoms with Crippen LogP contribution in [0.15, 0.2) is 29.3 Å². The third-order valence-electron chi connectivity index (χ3n) is 4.86. The molecule has 0 aromatic heterocycles. The van der Waals surface area contributed by atoms with Crippen LogP contribution in [0, 0.1) is 0 Å². The minimum atomic E-state index is -2.47. The van der Waals surface area contributed by atoms with Crippen molar-refractivity contribution in [3.63, 3.8) is 0 Å². The molecule has 2 rings (SSSR count). The first kappa shape index (κ1) is 21.4. The van der Waals surface area contributed by atoms with E-state index in [4.69, 9.17) is 4.74 Å². The van der Waals surface area contributed by atoms with Crippen molar-refractivity contribution >= 4 is 5.96 Å². The number of benzene rings is 1. The Labute approximate surface area is 161 Å². The summed E-state index contributed by atoms with van der Waals surface area (Å²) in [4.78, 5) is 6.81. The van der Waals surface area contributed by atoms with Crippen LogP contribution in [0.25, 0.3) is 0 Å². The molecule has 0 saturated carbocycles. The lowest BCUT2D eigenvalue weighted by Gasteiger charge is -2.41. The number of ether oxygens (including phenoxy) is 1. The summed E-state index contributed by atoms with van der Waals surface area (Å²) in [5.74, 6) is 1.17. The number of rotatable bonds is 8. The van der Waals surface area contributed by atoms with E-state index >= 15 is 0 Å². The highest BCUT2D eigenvalue weighted by molar-refractivity contribution is 5.79. The van der Waals surface area contributed by atoms with Gasteiger partial charge in [0.05, 0.1) is 0 Å². The van der Waals surface area contributed by atoms with Crippen LogP contribution in [0.2, 0.25) is 0 Å². The first-order valence-electron chi connectivity index (χ1n) is 9.60. The molecule has 1 aliphatic heterocycles. The summed E-state index contributed by atoms with van der Waals surface area (Å²) in [6.45, 7) is 7.54. The molecule has 2 N–H and O–H groups in total. The fraction of sp³-hybridized carbons (Fsp3) is 0.650. The number of likely N-dealkylation sites (tertiary alicyclic amines) is 1. The Kier molecular flexibility index (Phi) is 8.28. The largest absolute Gasteiger partial charge is 0.488 e. The van der Waals surface area contributed by atoms with Gasteiger partial charge in [-0.25, -0.2) is 8.78 Å². The normalized spacial score (nSPS) is 16.4. The minimum absolute atomic E-state index is 0.0566. The number of nitrogens with zero attached hydrogens (tertiary/aromatic N) is 2. The van der Waals surface area contributed by atoms with Crippen LogP contribution in [0.4, 0.5) is 8.78 Å². The smallest absolute Gasteiger partial charge is 0.272 e. The Balaban J connectivity index is 1.82. The second-order valence-electron chi connectivity index (χ2n) is 7.49. The third-order valence-corrected chi connectivity index (χ3v) is 4.86. The zero-order valence-electron chi connectivity index (χ0n) is 16.6. The Hall–Kier alpha value is -1.89. The van der Waals surface area contributed by atoms with Crippen LogP contribution in [-0.4, -0.2) is 56.1 Å². The molecule has 1 aliphatic rings. The molecule has 0 amide bonds. The molecule has 1 aromatic carbocycles. The van der Waals surface area contributed by atoms with E-state index in [1.165, 1.54) is 19.3 Å². The van der Waals surface area contributed by atoms with E-state index in [-0.39, 0.29) is 5.54 Å². The number of hydrogen-bond acceptors (Lipinski definition) is 3. The van der Waals surface area contributed by atoms with Gasteiger partial charge in [-0.1, -0.05) is 18.6 Å². The van der Waals surface area contributed by atoms with Crippen molar-refractivity contribution in [2.24, 2.45) is 4.99 Å². The van der Waals surface area contributed by atoms with Crippen LogP contribution in [0.3, 0.4) is 0 Å². The van der Waals surface area contributed by atoms with Gasteiger partial charge >= 0.3 is 0 Å². The first-order chi connectivity index (χ1) is 12.9. The van der Waals surface area contributed by atoms with Gasteiger partial charge in [0.25, 0.3) is 6.43 Å². The molecule has 1 fully saturated rings. The summed E-state index contributed by atoms with van der Waals surface area (Å²) < 4.78 is 29.6. The maximum absolute atomic E-state index is 12.3. The molecule has 152 valence electrons. The Bertz CT molecular complexity index is 601. The predicted molar refractivity (Wildman–Crippen MR) is 106 cm³/mol. The summed E-state index contributed by atoms with van der Waals surface area (Å²) in [5.41, 5.74) is 1.00. The molecule has 27 heavy (non-hydrogen) atoms. The minimum Gasteiger partial charge on any atom is -0.488 e. The summed E-state index contributed by atoms with van der Waals surface area (Å²) >= 11 is 0. The van der Waals surface area contributed by atoms with Crippen molar-refractivity contribution in [3.8, 4) is 5.75 Å². The van der Waals surface area contributed by atoms with E-state index in [2.05, 4.69) is 34.4 Å². The molecule has 0 spiro atoms. The molecular weight excluding hydrogens is 350 g/mol. The molecule has 7 heteroatoms. The molecule has 0 unspecified atom stereocenters. The van der Waals surface area contributed by atoms with Gasteiger partial charge in [0, 0.05) is 25.7 Å². The highest BCUT2D eigenvalue weighted by atomic mass is 19.3. The fourth-order valence-corrected chi connectivity index (χ4v) is 3.22. The topological polar surface area (TPSA) is 48.9 Å². The molecular formula is C20H32F2N4O. The molecule has 5 nitrogen and oxygen atoms in total.